The second-order valence-electron chi connectivity index (χ2n) is 6.31. The monoisotopic (exact) mass is 324 g/mol. The highest BCUT2D eigenvalue weighted by Gasteiger charge is 2.39. The van der Waals surface area contributed by atoms with Crippen LogP contribution in [-0.2, 0) is 16.8 Å². The second-order valence-corrected chi connectivity index (χ2v) is 7.89. The average Bonchev–Trinajstić information content (AvgIpc) is 3.00. The summed E-state index contributed by atoms with van der Waals surface area (Å²) in [6.07, 6.45) is 6.22. The lowest BCUT2D eigenvalue weighted by molar-refractivity contribution is 0.0461. The first kappa shape index (κ1) is 16.0. The van der Waals surface area contributed by atoms with Crippen LogP contribution in [0.15, 0.2) is 18.2 Å². The zero-order chi connectivity index (χ0) is 15.6. The zero-order valence-electron chi connectivity index (χ0n) is 13.0. The van der Waals surface area contributed by atoms with Crippen LogP contribution < -0.4 is 9.47 Å². The van der Waals surface area contributed by atoms with Crippen molar-refractivity contribution in [1.29, 1.82) is 0 Å². The van der Waals surface area contributed by atoms with Gasteiger partial charge in [-0.1, -0.05) is 17.2 Å². The van der Waals surface area contributed by atoms with Gasteiger partial charge in [0.25, 0.3) is 0 Å². The molecule has 1 aliphatic carbocycles. The van der Waals surface area contributed by atoms with E-state index in [0.717, 1.165) is 24.8 Å². The third kappa shape index (κ3) is 3.36. The van der Waals surface area contributed by atoms with Crippen LogP contribution >= 0.6 is 0 Å². The van der Waals surface area contributed by atoms with Crippen LogP contribution in [-0.4, -0.2) is 34.4 Å². The maximum atomic E-state index is 11.8. The van der Waals surface area contributed by atoms with Crippen LogP contribution in [0.2, 0.25) is 0 Å². The minimum absolute atomic E-state index is 0.235. The van der Waals surface area contributed by atoms with Gasteiger partial charge in [0, 0.05) is 0 Å². The van der Waals surface area contributed by atoms with Gasteiger partial charge in [-0.2, -0.15) is 0 Å². The van der Waals surface area contributed by atoms with E-state index < -0.39 is 16.8 Å². The van der Waals surface area contributed by atoms with E-state index in [2.05, 4.69) is 0 Å². The van der Waals surface area contributed by atoms with Crippen molar-refractivity contribution in [1.82, 2.24) is 0 Å². The molecule has 1 N–H and O–H groups in total. The lowest BCUT2D eigenvalue weighted by Gasteiger charge is -2.33. The molecular formula is C17H24O4S. The number of ether oxygens (including phenoxy) is 2. The number of aliphatic hydroxyl groups is 1. The van der Waals surface area contributed by atoms with Crippen LogP contribution in [0.1, 0.15) is 44.1 Å². The molecule has 22 heavy (non-hydrogen) atoms. The van der Waals surface area contributed by atoms with E-state index in [9.17, 15) is 9.66 Å². The van der Waals surface area contributed by atoms with E-state index in [4.69, 9.17) is 9.47 Å². The van der Waals surface area contributed by atoms with E-state index in [1.54, 1.807) is 7.11 Å². The molecule has 5 heteroatoms. The molecule has 1 aromatic carbocycles. The summed E-state index contributed by atoms with van der Waals surface area (Å²) >= 11 is -0.950. The molecule has 122 valence electrons. The van der Waals surface area contributed by atoms with Crippen molar-refractivity contribution in [3.8, 4) is 11.5 Å². The molecule has 1 saturated carbocycles. The summed E-state index contributed by atoms with van der Waals surface area (Å²) in [6.45, 7) is 0. The number of hydrogen-bond donors (Lipinski definition) is 1. The van der Waals surface area contributed by atoms with Crippen LogP contribution in [0, 0.1) is 0 Å². The second kappa shape index (κ2) is 6.69. The molecular weight excluding hydrogens is 300 g/mol. The highest BCUT2D eigenvalue weighted by molar-refractivity contribution is 7.91. The lowest BCUT2D eigenvalue weighted by atomic mass is 9.90. The van der Waals surface area contributed by atoms with Gasteiger partial charge < -0.3 is 19.1 Å². The van der Waals surface area contributed by atoms with Gasteiger partial charge in [-0.25, -0.2) is 0 Å². The molecule has 2 fully saturated rings. The molecule has 4 nitrogen and oxygen atoms in total. The van der Waals surface area contributed by atoms with Crippen LogP contribution in [0.4, 0.5) is 0 Å². The first-order valence-electron chi connectivity index (χ1n) is 8.03. The summed E-state index contributed by atoms with van der Waals surface area (Å²) in [4.78, 5) is 0. The van der Waals surface area contributed by atoms with Crippen LogP contribution in [0.5, 0.6) is 11.5 Å². The summed E-state index contributed by atoms with van der Waals surface area (Å²) in [5, 5.41) is 10.9. The summed E-state index contributed by atoms with van der Waals surface area (Å²) < 4.78 is 23.3. The smallest absolute Gasteiger partial charge is 0.161 e. The van der Waals surface area contributed by atoms with Gasteiger partial charge in [0.2, 0.25) is 0 Å². The molecule has 2 atom stereocenters. The summed E-state index contributed by atoms with van der Waals surface area (Å²) in [5.41, 5.74) is -0.224. The topological polar surface area (TPSA) is 61.8 Å². The molecule has 0 radical (unpaired) electrons. The molecule has 1 heterocycles. The van der Waals surface area contributed by atoms with Gasteiger partial charge in [0.15, 0.2) is 11.5 Å². The minimum atomic E-state index is -1.01. The number of rotatable bonds is 4. The van der Waals surface area contributed by atoms with Crippen molar-refractivity contribution in [3.05, 3.63) is 23.8 Å². The van der Waals surface area contributed by atoms with Crippen molar-refractivity contribution in [2.75, 3.05) is 18.6 Å². The fourth-order valence-corrected chi connectivity index (χ4v) is 4.86. The van der Waals surface area contributed by atoms with E-state index in [1.807, 2.05) is 18.2 Å². The van der Waals surface area contributed by atoms with Crippen LogP contribution in [0.3, 0.4) is 0 Å². The third-order valence-corrected chi connectivity index (χ3v) is 6.20. The summed E-state index contributed by atoms with van der Waals surface area (Å²) in [7, 11) is 1.63. The fraction of sp³-hybridized carbons (Fsp3) is 0.647. The largest absolute Gasteiger partial charge is 0.616 e. The Morgan fingerprint density at radius 1 is 1.23 bits per heavy atom. The van der Waals surface area contributed by atoms with E-state index in [0.29, 0.717) is 29.4 Å². The van der Waals surface area contributed by atoms with Gasteiger partial charge in [-0.3, -0.25) is 0 Å². The zero-order valence-corrected chi connectivity index (χ0v) is 13.9. The SMILES string of the molecule is COc1ccc(C2(O)CCC[S+]([O-])C2)cc1OC1CCCC1. The molecule has 3 rings (SSSR count). The lowest BCUT2D eigenvalue weighted by Crippen LogP contribution is -2.39. The Kier molecular flexibility index (Phi) is 4.85. The molecule has 0 amide bonds. The molecule has 0 bridgehead atoms. The Hall–Kier alpha value is -0.910. The van der Waals surface area contributed by atoms with Crippen molar-refractivity contribution >= 4 is 11.2 Å². The standard InChI is InChI=1S/C17H24O4S/c1-20-15-8-7-13(17(18)9-4-10-22(19)12-17)11-16(15)21-14-5-2-3-6-14/h7-8,11,14,18H,2-6,9-10,12H2,1H3. The molecule has 1 saturated heterocycles. The Morgan fingerprint density at radius 2 is 2.00 bits per heavy atom. The highest BCUT2D eigenvalue weighted by Crippen LogP contribution is 2.39. The normalized spacial score (nSPS) is 29.5. The highest BCUT2D eigenvalue weighted by atomic mass is 32.2. The van der Waals surface area contributed by atoms with Gasteiger partial charge in [-0.05, 0) is 56.2 Å². The molecule has 0 spiro atoms. The number of benzene rings is 1. The maximum Gasteiger partial charge on any atom is 0.161 e. The first-order chi connectivity index (χ1) is 10.6. The average molecular weight is 324 g/mol. The molecule has 0 aromatic heterocycles. The Morgan fingerprint density at radius 3 is 2.68 bits per heavy atom. The van der Waals surface area contributed by atoms with E-state index in [-0.39, 0.29) is 6.10 Å². The van der Waals surface area contributed by atoms with Gasteiger partial charge in [-0.15, -0.1) is 0 Å². The van der Waals surface area contributed by atoms with Crippen molar-refractivity contribution in [2.24, 2.45) is 0 Å². The Balaban J connectivity index is 1.85. The van der Waals surface area contributed by atoms with E-state index in [1.165, 1.54) is 12.8 Å². The fourth-order valence-electron chi connectivity index (χ4n) is 3.41. The van der Waals surface area contributed by atoms with Gasteiger partial charge >= 0.3 is 0 Å². The maximum absolute atomic E-state index is 11.8. The molecule has 1 aliphatic heterocycles. The van der Waals surface area contributed by atoms with Gasteiger partial charge in [0.05, 0.1) is 13.2 Å². The van der Waals surface area contributed by atoms with Crippen LogP contribution in [0.25, 0.3) is 0 Å². The molecule has 2 unspecified atom stereocenters. The predicted octanol–water partition coefficient (Wildman–Crippen LogP) is 2.75. The third-order valence-electron chi connectivity index (χ3n) is 4.66. The number of methoxy groups -OCH3 is 1. The Bertz CT molecular complexity index is 515. The van der Waals surface area contributed by atoms with Crippen molar-refractivity contribution < 1.29 is 19.1 Å². The van der Waals surface area contributed by atoms with Gasteiger partial charge in [0.1, 0.15) is 17.1 Å². The molecule has 2 aliphatic rings. The summed E-state index contributed by atoms with van der Waals surface area (Å²) in [6, 6.07) is 5.58. The first-order valence-corrected chi connectivity index (χ1v) is 9.52. The van der Waals surface area contributed by atoms with Crippen molar-refractivity contribution in [3.63, 3.8) is 0 Å². The molecule has 1 aromatic rings. The minimum Gasteiger partial charge on any atom is -0.616 e. The quantitative estimate of drug-likeness (QED) is 0.865. The van der Waals surface area contributed by atoms with Crippen molar-refractivity contribution in [2.45, 2.75) is 50.2 Å². The predicted molar refractivity (Wildman–Crippen MR) is 86.9 cm³/mol. The Labute approximate surface area is 135 Å². The van der Waals surface area contributed by atoms with E-state index >= 15 is 0 Å². The number of hydrogen-bond acceptors (Lipinski definition) is 4. The summed E-state index contributed by atoms with van der Waals surface area (Å²) in [5.74, 6) is 2.37.